The minimum Gasteiger partial charge on any atom is -0.324 e. The van der Waals surface area contributed by atoms with Gasteiger partial charge in [0.15, 0.2) is 0 Å². The Labute approximate surface area is 95.8 Å². The minimum atomic E-state index is -0.774. The predicted molar refractivity (Wildman–Crippen MR) is 62.0 cm³/mol. The molecule has 1 rings (SSSR count). The largest absolute Gasteiger partial charge is 0.325 e. The lowest BCUT2D eigenvalue weighted by Crippen LogP contribution is -2.42. The van der Waals surface area contributed by atoms with Gasteiger partial charge in [0.2, 0.25) is 0 Å². The van der Waals surface area contributed by atoms with Crippen LogP contribution in [0, 0.1) is 5.41 Å². The van der Waals surface area contributed by atoms with E-state index in [1.54, 1.807) is 13.8 Å². The lowest BCUT2D eigenvalue weighted by atomic mass is 9.95. The van der Waals surface area contributed by atoms with E-state index in [1.807, 2.05) is 13.8 Å². The topological polar surface area (TPSA) is 49.4 Å². The van der Waals surface area contributed by atoms with E-state index in [2.05, 4.69) is 17.9 Å². The van der Waals surface area contributed by atoms with Crippen molar-refractivity contribution < 1.29 is 9.59 Å². The Hall–Kier alpha value is -0.710. The summed E-state index contributed by atoms with van der Waals surface area (Å²) in [6.45, 7) is 7.78. The zero-order chi connectivity index (χ0) is 11.9. The summed E-state index contributed by atoms with van der Waals surface area (Å²) in [5.41, 5.74) is -0.930. The van der Waals surface area contributed by atoms with Crippen LogP contribution in [0.1, 0.15) is 27.7 Å². The van der Waals surface area contributed by atoms with Crippen LogP contribution in [-0.2, 0) is 4.79 Å². The van der Waals surface area contributed by atoms with Crippen LogP contribution in [0.2, 0.25) is 0 Å². The van der Waals surface area contributed by atoms with Gasteiger partial charge in [-0.2, -0.15) is 12.6 Å². The summed E-state index contributed by atoms with van der Waals surface area (Å²) in [6.07, 6.45) is 0. The summed E-state index contributed by atoms with van der Waals surface area (Å²) in [7, 11) is 0. The van der Waals surface area contributed by atoms with Crippen LogP contribution in [0.25, 0.3) is 0 Å². The molecule has 1 N–H and O–H groups in total. The maximum absolute atomic E-state index is 11.8. The first-order valence-electron chi connectivity index (χ1n) is 4.95. The maximum Gasteiger partial charge on any atom is 0.325 e. The Balaban J connectivity index is 2.81. The molecule has 0 aromatic carbocycles. The van der Waals surface area contributed by atoms with Gasteiger partial charge in [-0.15, -0.1) is 0 Å². The molecular weight excluding hydrogens is 212 g/mol. The van der Waals surface area contributed by atoms with Gasteiger partial charge in [-0.3, -0.25) is 9.69 Å². The minimum absolute atomic E-state index is 0.156. The van der Waals surface area contributed by atoms with Gasteiger partial charge < -0.3 is 5.32 Å². The van der Waals surface area contributed by atoms with Gasteiger partial charge in [-0.05, 0) is 25.0 Å². The predicted octanol–water partition coefficient (Wildman–Crippen LogP) is 1.27. The van der Waals surface area contributed by atoms with E-state index >= 15 is 0 Å². The molecule has 0 unspecified atom stereocenters. The molecule has 0 aromatic rings. The fourth-order valence-corrected chi connectivity index (χ4v) is 1.54. The van der Waals surface area contributed by atoms with Crippen molar-refractivity contribution in [2.75, 3.05) is 12.3 Å². The summed E-state index contributed by atoms with van der Waals surface area (Å²) < 4.78 is 0. The standard InChI is InChI=1S/C10H18N2O2S/c1-9(2,6-15)5-12-7(13)10(3,4)11-8(12)14/h15H,5-6H2,1-4H3,(H,11,14). The molecule has 0 saturated carbocycles. The average molecular weight is 230 g/mol. The third-order valence-electron chi connectivity index (χ3n) is 2.46. The summed E-state index contributed by atoms with van der Waals surface area (Å²) in [5.74, 6) is 0.465. The first-order valence-corrected chi connectivity index (χ1v) is 5.58. The van der Waals surface area contributed by atoms with E-state index in [9.17, 15) is 9.59 Å². The number of hydrogen-bond acceptors (Lipinski definition) is 3. The van der Waals surface area contributed by atoms with Crippen LogP contribution in [-0.4, -0.2) is 34.7 Å². The van der Waals surface area contributed by atoms with Crippen molar-refractivity contribution in [2.45, 2.75) is 33.2 Å². The highest BCUT2D eigenvalue weighted by molar-refractivity contribution is 7.80. The zero-order valence-corrected chi connectivity index (χ0v) is 10.5. The van der Waals surface area contributed by atoms with Gasteiger partial charge in [0.25, 0.3) is 5.91 Å². The van der Waals surface area contributed by atoms with E-state index in [-0.39, 0.29) is 17.4 Å². The zero-order valence-electron chi connectivity index (χ0n) is 9.63. The second-order valence-corrected chi connectivity index (χ2v) is 5.59. The lowest BCUT2D eigenvalue weighted by molar-refractivity contribution is -0.131. The third kappa shape index (κ3) is 2.45. The van der Waals surface area contributed by atoms with Crippen LogP contribution < -0.4 is 5.32 Å². The highest BCUT2D eigenvalue weighted by Crippen LogP contribution is 2.24. The highest BCUT2D eigenvalue weighted by atomic mass is 32.1. The van der Waals surface area contributed by atoms with Crippen molar-refractivity contribution in [1.29, 1.82) is 0 Å². The third-order valence-corrected chi connectivity index (χ3v) is 3.31. The van der Waals surface area contributed by atoms with Crippen molar-refractivity contribution >= 4 is 24.6 Å². The van der Waals surface area contributed by atoms with E-state index in [4.69, 9.17) is 0 Å². The van der Waals surface area contributed by atoms with Crippen LogP contribution in [0.3, 0.4) is 0 Å². The molecule has 15 heavy (non-hydrogen) atoms. The van der Waals surface area contributed by atoms with E-state index < -0.39 is 5.54 Å². The molecule has 0 bridgehead atoms. The molecule has 1 aliphatic heterocycles. The van der Waals surface area contributed by atoms with Gasteiger partial charge in [0.1, 0.15) is 5.54 Å². The van der Waals surface area contributed by atoms with Crippen LogP contribution in [0.15, 0.2) is 0 Å². The monoisotopic (exact) mass is 230 g/mol. The van der Waals surface area contributed by atoms with E-state index in [0.717, 1.165) is 0 Å². The Kier molecular flexibility index (Phi) is 3.05. The molecule has 3 amide bonds. The van der Waals surface area contributed by atoms with Crippen molar-refractivity contribution in [3.63, 3.8) is 0 Å². The molecule has 1 fully saturated rings. The number of urea groups is 1. The van der Waals surface area contributed by atoms with Crippen molar-refractivity contribution in [3.8, 4) is 0 Å². The van der Waals surface area contributed by atoms with Crippen LogP contribution >= 0.6 is 12.6 Å². The molecule has 0 atom stereocenters. The molecule has 0 radical (unpaired) electrons. The van der Waals surface area contributed by atoms with E-state index in [0.29, 0.717) is 12.3 Å². The SMILES string of the molecule is CC(C)(CS)CN1C(=O)NC(C)(C)C1=O. The Bertz CT molecular complexity index is 300. The second-order valence-electron chi connectivity index (χ2n) is 5.27. The molecule has 0 aromatic heterocycles. The van der Waals surface area contributed by atoms with Crippen molar-refractivity contribution in [1.82, 2.24) is 10.2 Å². The molecule has 86 valence electrons. The van der Waals surface area contributed by atoms with Gasteiger partial charge in [-0.1, -0.05) is 13.8 Å². The van der Waals surface area contributed by atoms with Gasteiger partial charge in [-0.25, -0.2) is 4.79 Å². The van der Waals surface area contributed by atoms with Gasteiger partial charge in [0.05, 0.1) is 0 Å². The number of thiol groups is 1. The number of carbonyl (C=O) groups excluding carboxylic acids is 2. The Morgan fingerprint density at radius 3 is 2.27 bits per heavy atom. The molecular formula is C10H18N2O2S. The average Bonchev–Trinajstić information content (AvgIpc) is 2.28. The van der Waals surface area contributed by atoms with E-state index in [1.165, 1.54) is 4.90 Å². The van der Waals surface area contributed by atoms with Gasteiger partial charge in [0, 0.05) is 6.54 Å². The summed E-state index contributed by atoms with van der Waals surface area (Å²) >= 11 is 4.21. The van der Waals surface area contributed by atoms with Crippen molar-refractivity contribution in [2.24, 2.45) is 5.41 Å². The second kappa shape index (κ2) is 3.70. The van der Waals surface area contributed by atoms with Crippen LogP contribution in [0.5, 0.6) is 0 Å². The number of nitrogens with zero attached hydrogens (tertiary/aromatic N) is 1. The number of imide groups is 1. The Morgan fingerprint density at radius 2 is 1.93 bits per heavy atom. The summed E-state index contributed by atoms with van der Waals surface area (Å²) in [4.78, 5) is 24.7. The smallest absolute Gasteiger partial charge is 0.324 e. The molecule has 1 saturated heterocycles. The fraction of sp³-hybridized carbons (Fsp3) is 0.800. The molecule has 0 spiro atoms. The molecule has 1 aliphatic rings. The Morgan fingerprint density at radius 1 is 1.40 bits per heavy atom. The number of hydrogen-bond donors (Lipinski definition) is 2. The fourth-order valence-electron chi connectivity index (χ4n) is 1.44. The summed E-state index contributed by atoms with van der Waals surface area (Å²) in [5, 5.41) is 2.65. The first-order chi connectivity index (χ1) is 6.69. The first kappa shape index (κ1) is 12.4. The maximum atomic E-state index is 11.8. The number of carbonyl (C=O) groups is 2. The molecule has 1 heterocycles. The number of rotatable bonds is 3. The molecule has 0 aliphatic carbocycles. The van der Waals surface area contributed by atoms with Crippen LogP contribution in [0.4, 0.5) is 4.79 Å². The lowest BCUT2D eigenvalue weighted by Gasteiger charge is -2.27. The molecule has 5 heteroatoms. The highest BCUT2D eigenvalue weighted by Gasteiger charge is 2.45. The van der Waals surface area contributed by atoms with Gasteiger partial charge >= 0.3 is 6.03 Å². The number of amides is 3. The normalized spacial score (nSPS) is 20.7. The molecule has 4 nitrogen and oxygen atoms in total. The summed E-state index contributed by atoms with van der Waals surface area (Å²) in [6, 6.07) is -0.306. The quantitative estimate of drug-likeness (QED) is 0.566. The number of nitrogens with one attached hydrogen (secondary N) is 1. The van der Waals surface area contributed by atoms with Crippen molar-refractivity contribution in [3.05, 3.63) is 0 Å².